The molecule has 2 fully saturated rings. The fourth-order valence-electron chi connectivity index (χ4n) is 3.67. The van der Waals surface area contributed by atoms with Gasteiger partial charge in [0, 0.05) is 0 Å². The average molecular weight is 256 g/mol. The van der Waals surface area contributed by atoms with Crippen LogP contribution in [0.4, 0.5) is 12.9 Å². The Hall–Kier alpha value is 1.56. The Labute approximate surface area is 139 Å². The van der Waals surface area contributed by atoms with E-state index in [-0.39, 0.29) is 51.4 Å². The summed E-state index contributed by atoms with van der Waals surface area (Å²) in [5.74, 6) is 1.24. The first-order valence-electron chi connectivity index (χ1n) is 6.27. The van der Waals surface area contributed by atoms with Gasteiger partial charge >= 0.3 is 58.4 Å². The largest absolute Gasteiger partial charge is 1.00 e. The molecule has 0 unspecified atom stereocenters. The summed E-state index contributed by atoms with van der Waals surface area (Å²) in [6, 6.07) is 0. The van der Waals surface area contributed by atoms with Crippen molar-refractivity contribution in [2.75, 3.05) is 0 Å². The molecule has 2 heterocycles. The second-order valence-electron chi connectivity index (χ2n) is 5.33. The summed E-state index contributed by atoms with van der Waals surface area (Å²) in [4.78, 5) is 0. The maximum absolute atomic E-state index is 12.2. The van der Waals surface area contributed by atoms with Crippen molar-refractivity contribution in [3.63, 3.8) is 0 Å². The molecule has 2 saturated heterocycles. The summed E-state index contributed by atoms with van der Waals surface area (Å²) < 4.78 is 36.7. The molecule has 6 heteroatoms. The van der Waals surface area contributed by atoms with Crippen LogP contribution in [-0.4, -0.2) is 13.7 Å². The second-order valence-corrected chi connectivity index (χ2v) is 5.33. The van der Waals surface area contributed by atoms with Crippen molar-refractivity contribution < 1.29 is 64.3 Å². The minimum atomic E-state index is -4.55. The molecule has 0 spiro atoms. The minimum Gasteiger partial charge on any atom is -0.449 e. The SMILES string of the molecule is F[B-](F)(F)CCB1C2CCCC1CCC2.[K+]. The summed E-state index contributed by atoms with van der Waals surface area (Å²) in [6.45, 7) is -4.15. The zero-order valence-electron chi connectivity index (χ0n) is 10.1. The van der Waals surface area contributed by atoms with Crippen molar-refractivity contribution in [1.29, 1.82) is 0 Å². The third-order valence-electron chi connectivity index (χ3n) is 4.34. The molecular formula is C10H18B2F3K. The number of fused-ring (bicyclic) bond motifs is 2. The molecule has 16 heavy (non-hydrogen) atoms. The smallest absolute Gasteiger partial charge is 0.449 e. The Kier molecular flexibility index (Phi) is 6.48. The van der Waals surface area contributed by atoms with Crippen LogP contribution in [-0.2, 0) is 0 Å². The van der Waals surface area contributed by atoms with Gasteiger partial charge in [-0.25, -0.2) is 0 Å². The predicted molar refractivity (Wildman–Crippen MR) is 59.6 cm³/mol. The standard InChI is InChI=1S/C10H18B2F3.K/c13-12(14,15)8-7-11-9-3-1-4-10(11)6-2-5-9;/h9-10H,1-8H2;/q-1;+1. The fourth-order valence-corrected chi connectivity index (χ4v) is 3.67. The third-order valence-corrected chi connectivity index (χ3v) is 4.34. The van der Waals surface area contributed by atoms with Crippen LogP contribution in [0.25, 0.3) is 0 Å². The van der Waals surface area contributed by atoms with Gasteiger partial charge in [-0.1, -0.05) is 62.8 Å². The first-order valence-corrected chi connectivity index (χ1v) is 6.27. The molecule has 0 aromatic carbocycles. The zero-order chi connectivity index (χ0) is 10.9. The molecule has 0 amide bonds. The van der Waals surface area contributed by atoms with Crippen molar-refractivity contribution >= 4 is 13.7 Å². The molecule has 86 valence electrons. The van der Waals surface area contributed by atoms with Crippen LogP contribution in [0.3, 0.4) is 0 Å². The van der Waals surface area contributed by atoms with E-state index in [1.807, 2.05) is 0 Å². The monoisotopic (exact) mass is 256 g/mol. The Morgan fingerprint density at radius 3 is 1.75 bits per heavy atom. The van der Waals surface area contributed by atoms with E-state index in [0.717, 1.165) is 0 Å². The number of halogens is 3. The van der Waals surface area contributed by atoms with E-state index in [9.17, 15) is 12.9 Å². The first-order chi connectivity index (χ1) is 7.06. The number of hydrogen-bond acceptors (Lipinski definition) is 0. The number of hydrogen-bond donors (Lipinski definition) is 0. The van der Waals surface area contributed by atoms with Gasteiger partial charge in [0.25, 0.3) is 0 Å². The molecule has 0 nitrogen and oxygen atoms in total. The van der Waals surface area contributed by atoms with E-state index in [2.05, 4.69) is 0 Å². The van der Waals surface area contributed by atoms with Gasteiger partial charge in [-0.3, -0.25) is 0 Å². The Bertz CT molecular complexity index is 201. The molecule has 2 bridgehead atoms. The summed E-state index contributed by atoms with van der Waals surface area (Å²) >= 11 is 0. The van der Waals surface area contributed by atoms with Crippen LogP contribution in [0.15, 0.2) is 0 Å². The summed E-state index contributed by atoms with van der Waals surface area (Å²) in [5.41, 5.74) is 0. The first kappa shape index (κ1) is 15.6. The van der Waals surface area contributed by atoms with Crippen molar-refractivity contribution in [1.82, 2.24) is 0 Å². The van der Waals surface area contributed by atoms with Gasteiger partial charge in [0.05, 0.1) is 0 Å². The average Bonchev–Trinajstić information content (AvgIpc) is 2.12. The zero-order valence-corrected chi connectivity index (χ0v) is 13.2. The van der Waals surface area contributed by atoms with Crippen molar-refractivity contribution in [3.8, 4) is 0 Å². The fraction of sp³-hybridized carbons (Fsp3) is 1.00. The van der Waals surface area contributed by atoms with Gasteiger partial charge in [-0.2, -0.15) is 0 Å². The van der Waals surface area contributed by atoms with Crippen LogP contribution in [0.1, 0.15) is 38.5 Å². The Balaban J connectivity index is 0.00000128. The van der Waals surface area contributed by atoms with E-state index in [4.69, 9.17) is 0 Å². The second kappa shape index (κ2) is 6.64. The van der Waals surface area contributed by atoms with Crippen LogP contribution in [0.2, 0.25) is 24.3 Å². The molecule has 0 aromatic rings. The van der Waals surface area contributed by atoms with Crippen LogP contribution >= 0.6 is 0 Å². The van der Waals surface area contributed by atoms with Gasteiger partial charge in [0.1, 0.15) is 6.71 Å². The van der Waals surface area contributed by atoms with Crippen LogP contribution in [0, 0.1) is 0 Å². The maximum atomic E-state index is 12.2. The molecule has 0 atom stereocenters. The van der Waals surface area contributed by atoms with E-state index < -0.39 is 13.3 Å². The quantitative estimate of drug-likeness (QED) is 0.670. The third kappa shape index (κ3) is 4.34. The summed E-state index contributed by atoms with van der Waals surface area (Å²) in [5, 5.41) is 0. The van der Waals surface area contributed by atoms with E-state index >= 15 is 0 Å². The Morgan fingerprint density at radius 1 is 0.938 bits per heavy atom. The molecule has 0 aromatic heterocycles. The van der Waals surface area contributed by atoms with Crippen molar-refractivity contribution in [2.45, 2.75) is 62.8 Å². The van der Waals surface area contributed by atoms with Crippen LogP contribution in [0.5, 0.6) is 0 Å². The van der Waals surface area contributed by atoms with Gasteiger partial charge < -0.3 is 12.9 Å². The molecule has 0 N–H and O–H groups in total. The molecule has 0 saturated carbocycles. The van der Waals surface area contributed by atoms with Crippen molar-refractivity contribution in [3.05, 3.63) is 0 Å². The van der Waals surface area contributed by atoms with Gasteiger partial charge in [-0.15, -0.1) is 0 Å². The minimum absolute atomic E-state index is 0. The molecule has 2 aliphatic rings. The normalized spacial score (nSPS) is 29.8. The van der Waals surface area contributed by atoms with Gasteiger partial charge in [-0.05, 0) is 0 Å². The molecular weight excluding hydrogens is 238 g/mol. The van der Waals surface area contributed by atoms with E-state index in [0.29, 0.717) is 24.7 Å². The molecule has 2 aliphatic heterocycles. The van der Waals surface area contributed by atoms with Gasteiger partial charge in [0.2, 0.25) is 0 Å². The molecule has 2 rings (SSSR count). The Morgan fingerprint density at radius 2 is 1.38 bits per heavy atom. The summed E-state index contributed by atoms with van der Waals surface area (Å²) in [6.07, 6.45) is 7.17. The van der Waals surface area contributed by atoms with E-state index in [1.54, 1.807) is 0 Å². The predicted octanol–water partition coefficient (Wildman–Crippen LogP) is 1.44. The van der Waals surface area contributed by atoms with Crippen molar-refractivity contribution in [2.24, 2.45) is 0 Å². The summed E-state index contributed by atoms with van der Waals surface area (Å²) in [7, 11) is 0. The van der Waals surface area contributed by atoms with E-state index in [1.165, 1.54) is 38.5 Å². The maximum Gasteiger partial charge on any atom is 1.00 e. The van der Waals surface area contributed by atoms with Crippen LogP contribution < -0.4 is 51.4 Å². The molecule has 0 radical (unpaired) electrons. The topological polar surface area (TPSA) is 0 Å². The number of rotatable bonds is 3. The molecule has 0 aliphatic carbocycles. The van der Waals surface area contributed by atoms with Gasteiger partial charge in [0.15, 0.2) is 0 Å².